The molecule has 100 valence electrons. The van der Waals surface area contributed by atoms with Gasteiger partial charge in [-0.05, 0) is 40.0 Å². The molecule has 2 atom stereocenters. The van der Waals surface area contributed by atoms with Gasteiger partial charge in [-0.3, -0.25) is 9.48 Å². The fraction of sp³-hybridized carbons (Fsp3) is 0.692. The lowest BCUT2D eigenvalue weighted by atomic mass is 9.97. The van der Waals surface area contributed by atoms with Crippen LogP contribution in [0.4, 0.5) is 0 Å². The van der Waals surface area contributed by atoms with Gasteiger partial charge >= 0.3 is 0 Å². The third kappa shape index (κ3) is 2.69. The molecule has 0 N–H and O–H groups in total. The molecule has 0 spiro atoms. The molecule has 0 radical (unpaired) electrons. The number of carbonyl (C=O) groups is 1. The molecule has 2 rings (SSSR count). The summed E-state index contributed by atoms with van der Waals surface area (Å²) in [6, 6.07) is 0.654. The van der Waals surface area contributed by atoms with Crippen LogP contribution in [-0.2, 0) is 11.3 Å². The summed E-state index contributed by atoms with van der Waals surface area (Å²) in [5.74, 6) is 0.133. The molecule has 1 aliphatic rings. The van der Waals surface area contributed by atoms with Gasteiger partial charge in [0.05, 0.1) is 10.7 Å². The van der Waals surface area contributed by atoms with Gasteiger partial charge in [0.1, 0.15) is 6.54 Å². The summed E-state index contributed by atoms with van der Waals surface area (Å²) in [4.78, 5) is 14.3. The van der Waals surface area contributed by atoms with Crippen LogP contribution in [0.2, 0.25) is 5.02 Å². The highest BCUT2D eigenvalue weighted by Crippen LogP contribution is 2.23. The van der Waals surface area contributed by atoms with Crippen molar-refractivity contribution >= 4 is 17.5 Å². The molecule has 2 heterocycles. The van der Waals surface area contributed by atoms with Gasteiger partial charge in [0.15, 0.2) is 0 Å². The fourth-order valence-electron chi connectivity index (χ4n) is 2.71. The van der Waals surface area contributed by atoms with E-state index in [1.165, 1.54) is 6.42 Å². The van der Waals surface area contributed by atoms with Crippen LogP contribution in [0, 0.1) is 6.92 Å². The second kappa shape index (κ2) is 5.31. The highest BCUT2D eigenvalue weighted by molar-refractivity contribution is 6.31. The molecule has 1 fully saturated rings. The van der Waals surface area contributed by atoms with E-state index in [-0.39, 0.29) is 12.5 Å². The van der Waals surface area contributed by atoms with Crippen LogP contribution in [0.1, 0.15) is 38.8 Å². The van der Waals surface area contributed by atoms with Crippen LogP contribution in [0.3, 0.4) is 0 Å². The van der Waals surface area contributed by atoms with E-state index in [0.29, 0.717) is 17.1 Å². The summed E-state index contributed by atoms with van der Waals surface area (Å²) >= 11 is 5.95. The molecular formula is C13H20ClN3O. The molecule has 0 aliphatic carbocycles. The van der Waals surface area contributed by atoms with E-state index < -0.39 is 0 Å². The minimum absolute atomic E-state index is 0.133. The van der Waals surface area contributed by atoms with Gasteiger partial charge in [0.2, 0.25) is 5.91 Å². The Morgan fingerprint density at radius 2 is 2.06 bits per heavy atom. The zero-order valence-corrected chi connectivity index (χ0v) is 11.9. The Morgan fingerprint density at radius 1 is 1.44 bits per heavy atom. The number of nitrogens with zero attached hydrogens (tertiary/aromatic N) is 3. The molecule has 0 bridgehead atoms. The molecule has 5 heteroatoms. The number of hydrogen-bond acceptors (Lipinski definition) is 2. The van der Waals surface area contributed by atoms with Gasteiger partial charge in [-0.1, -0.05) is 11.6 Å². The van der Waals surface area contributed by atoms with Gasteiger partial charge in [-0.15, -0.1) is 0 Å². The lowest BCUT2D eigenvalue weighted by Crippen LogP contribution is -2.48. The minimum Gasteiger partial charge on any atom is -0.336 e. The quantitative estimate of drug-likeness (QED) is 0.828. The van der Waals surface area contributed by atoms with E-state index in [4.69, 9.17) is 11.6 Å². The molecular weight excluding hydrogens is 250 g/mol. The van der Waals surface area contributed by atoms with Gasteiger partial charge < -0.3 is 4.90 Å². The van der Waals surface area contributed by atoms with Crippen LogP contribution in [-0.4, -0.2) is 32.7 Å². The first-order chi connectivity index (χ1) is 8.49. The third-order valence-corrected chi connectivity index (χ3v) is 4.04. The highest BCUT2D eigenvalue weighted by atomic mass is 35.5. The van der Waals surface area contributed by atoms with Crippen molar-refractivity contribution < 1.29 is 4.79 Å². The van der Waals surface area contributed by atoms with E-state index in [2.05, 4.69) is 18.9 Å². The molecule has 1 aromatic heterocycles. The van der Waals surface area contributed by atoms with Crippen molar-refractivity contribution in [1.82, 2.24) is 14.7 Å². The first-order valence-electron chi connectivity index (χ1n) is 6.49. The van der Waals surface area contributed by atoms with E-state index in [9.17, 15) is 4.79 Å². The Hall–Kier alpha value is -1.03. The van der Waals surface area contributed by atoms with Crippen molar-refractivity contribution in [3.63, 3.8) is 0 Å². The summed E-state index contributed by atoms with van der Waals surface area (Å²) in [5, 5.41) is 4.85. The predicted molar refractivity (Wildman–Crippen MR) is 71.6 cm³/mol. The van der Waals surface area contributed by atoms with E-state index in [1.54, 1.807) is 10.9 Å². The third-order valence-electron chi connectivity index (χ3n) is 3.67. The normalized spacial score (nSPS) is 24.3. The number of aryl methyl sites for hydroxylation is 1. The van der Waals surface area contributed by atoms with Gasteiger partial charge in [0, 0.05) is 18.3 Å². The van der Waals surface area contributed by atoms with Crippen LogP contribution in [0.25, 0.3) is 0 Å². The topological polar surface area (TPSA) is 38.1 Å². The lowest BCUT2D eigenvalue weighted by Gasteiger charge is -2.39. The van der Waals surface area contributed by atoms with Crippen molar-refractivity contribution in [2.75, 3.05) is 0 Å². The van der Waals surface area contributed by atoms with E-state index in [1.807, 2.05) is 11.8 Å². The largest absolute Gasteiger partial charge is 0.336 e. The van der Waals surface area contributed by atoms with Crippen molar-refractivity contribution in [1.29, 1.82) is 0 Å². The number of likely N-dealkylation sites (tertiary alicyclic amines) is 1. The average Bonchev–Trinajstić information content (AvgIpc) is 2.57. The van der Waals surface area contributed by atoms with Crippen LogP contribution in [0.15, 0.2) is 6.20 Å². The maximum atomic E-state index is 12.3. The Bertz CT molecular complexity index is 414. The van der Waals surface area contributed by atoms with Crippen LogP contribution in [0.5, 0.6) is 0 Å². The van der Waals surface area contributed by atoms with Crippen molar-refractivity contribution in [3.05, 3.63) is 16.9 Å². The molecule has 0 aromatic carbocycles. The van der Waals surface area contributed by atoms with Crippen LogP contribution >= 0.6 is 11.6 Å². The lowest BCUT2D eigenvalue weighted by molar-refractivity contribution is -0.138. The zero-order chi connectivity index (χ0) is 13.3. The van der Waals surface area contributed by atoms with E-state index >= 15 is 0 Å². The number of aromatic nitrogens is 2. The molecule has 1 saturated heterocycles. The number of hydrogen-bond donors (Lipinski definition) is 0. The summed E-state index contributed by atoms with van der Waals surface area (Å²) in [6.07, 6.45) is 5.11. The number of carbonyl (C=O) groups excluding carboxylic acids is 1. The van der Waals surface area contributed by atoms with Crippen LogP contribution < -0.4 is 0 Å². The number of piperidine rings is 1. The molecule has 1 amide bonds. The average molecular weight is 270 g/mol. The molecule has 2 unspecified atom stereocenters. The summed E-state index contributed by atoms with van der Waals surface area (Å²) in [6.45, 7) is 6.36. The predicted octanol–water partition coefficient (Wildman–Crippen LogP) is 2.63. The maximum absolute atomic E-state index is 12.3. The van der Waals surface area contributed by atoms with Crippen molar-refractivity contribution in [3.8, 4) is 0 Å². The second-order valence-corrected chi connectivity index (χ2v) is 5.60. The van der Waals surface area contributed by atoms with E-state index in [0.717, 1.165) is 18.5 Å². The van der Waals surface area contributed by atoms with Gasteiger partial charge in [-0.2, -0.15) is 5.10 Å². The molecule has 1 aromatic rings. The number of rotatable bonds is 2. The van der Waals surface area contributed by atoms with Gasteiger partial charge in [-0.25, -0.2) is 0 Å². The first-order valence-corrected chi connectivity index (χ1v) is 6.87. The smallest absolute Gasteiger partial charge is 0.244 e. The van der Waals surface area contributed by atoms with Gasteiger partial charge in [0.25, 0.3) is 0 Å². The SMILES string of the molecule is Cc1nn(CC(=O)N2C(C)CCCC2C)cc1Cl. The fourth-order valence-corrected chi connectivity index (χ4v) is 2.86. The standard InChI is InChI=1S/C13H20ClN3O/c1-9-5-4-6-10(2)17(9)13(18)8-16-7-12(14)11(3)15-16/h7,9-10H,4-6,8H2,1-3H3. The monoisotopic (exact) mass is 269 g/mol. The molecule has 18 heavy (non-hydrogen) atoms. The summed E-state index contributed by atoms with van der Waals surface area (Å²) < 4.78 is 1.63. The maximum Gasteiger partial charge on any atom is 0.244 e. The summed E-state index contributed by atoms with van der Waals surface area (Å²) in [5.41, 5.74) is 0.768. The Kier molecular flexibility index (Phi) is 3.95. The molecule has 4 nitrogen and oxygen atoms in total. The Labute approximate surface area is 113 Å². The minimum atomic E-state index is 0.133. The molecule has 1 aliphatic heterocycles. The van der Waals surface area contributed by atoms with Crippen molar-refractivity contribution in [2.24, 2.45) is 0 Å². The first kappa shape index (κ1) is 13.4. The Morgan fingerprint density at radius 3 is 2.56 bits per heavy atom. The number of halogens is 1. The highest BCUT2D eigenvalue weighted by Gasteiger charge is 2.28. The Balaban J connectivity index is 2.06. The zero-order valence-electron chi connectivity index (χ0n) is 11.2. The molecule has 0 saturated carbocycles. The van der Waals surface area contributed by atoms with Crippen molar-refractivity contribution in [2.45, 2.75) is 58.7 Å². The number of amides is 1. The summed E-state index contributed by atoms with van der Waals surface area (Å²) in [7, 11) is 0. The second-order valence-electron chi connectivity index (χ2n) is 5.19.